The number of amides is 1. The maximum absolute atomic E-state index is 12.6. The van der Waals surface area contributed by atoms with Crippen LogP contribution in [0.4, 0.5) is 5.69 Å². The Kier molecular flexibility index (Phi) is 6.08. The molecule has 1 fully saturated rings. The van der Waals surface area contributed by atoms with E-state index in [9.17, 15) is 13.2 Å². The molecule has 4 rings (SSSR count). The van der Waals surface area contributed by atoms with E-state index in [1.165, 1.54) is 29.7 Å². The number of hydrogen-bond acceptors (Lipinski definition) is 5. The van der Waals surface area contributed by atoms with Crippen LogP contribution in [0.2, 0.25) is 5.02 Å². The monoisotopic (exact) mass is 474 g/mol. The van der Waals surface area contributed by atoms with Gasteiger partial charge in [-0.1, -0.05) is 29.8 Å². The van der Waals surface area contributed by atoms with Crippen molar-refractivity contribution >= 4 is 50.4 Å². The first kappa shape index (κ1) is 21.5. The summed E-state index contributed by atoms with van der Waals surface area (Å²) in [6.45, 7) is 0.801. The topological polar surface area (TPSA) is 91.7 Å². The minimum atomic E-state index is -3.79. The van der Waals surface area contributed by atoms with E-state index in [0.717, 1.165) is 18.5 Å². The third kappa shape index (κ3) is 4.79. The first-order valence-corrected chi connectivity index (χ1v) is 12.1. The number of nitrogens with one attached hydrogen (secondary N) is 1. The van der Waals surface area contributed by atoms with E-state index in [4.69, 9.17) is 11.6 Å². The number of carbonyl (C=O) groups excluding carboxylic acids is 1. The van der Waals surface area contributed by atoms with Crippen molar-refractivity contribution in [2.45, 2.75) is 17.7 Å². The highest BCUT2D eigenvalue weighted by Crippen LogP contribution is 2.31. The number of sulfonamides is 1. The summed E-state index contributed by atoms with van der Waals surface area (Å²) in [6, 6.07) is 13.2. The maximum Gasteiger partial charge on any atom is 0.283 e. The summed E-state index contributed by atoms with van der Waals surface area (Å²) < 4.78 is 29.0. The molecule has 1 amide bonds. The number of aromatic nitrogens is 1. The van der Waals surface area contributed by atoms with Crippen molar-refractivity contribution in [1.29, 1.82) is 0 Å². The van der Waals surface area contributed by atoms with E-state index in [1.807, 2.05) is 30.1 Å². The second-order valence-corrected chi connectivity index (χ2v) is 10.0. The molecule has 1 aliphatic heterocycles. The van der Waals surface area contributed by atoms with Crippen LogP contribution in [-0.4, -0.2) is 43.6 Å². The standard InChI is InChI=1S/C21H19ClN4O3S2/c1-26-12-4-7-19(26)25-31(28,29)15-10-8-14(9-11-15)24-20(27)18-13-23-21(30-18)16-5-2-3-6-17(16)22/h2-3,5-6,8-11,13H,4,7,12H2,1H3,(H,24,27)/b25-19+. The zero-order valence-electron chi connectivity index (χ0n) is 16.6. The SMILES string of the molecule is CN1CCC/C1=N\S(=O)(=O)c1ccc(NC(=O)c2cnc(-c3ccccc3Cl)s2)cc1. The van der Waals surface area contributed by atoms with E-state index < -0.39 is 10.0 Å². The first-order valence-electron chi connectivity index (χ1n) is 9.50. The lowest BCUT2D eigenvalue weighted by Gasteiger charge is -2.11. The normalized spacial score (nSPS) is 15.4. The maximum atomic E-state index is 12.6. The lowest BCUT2D eigenvalue weighted by atomic mass is 10.2. The predicted octanol–water partition coefficient (Wildman–Crippen LogP) is 4.53. The summed E-state index contributed by atoms with van der Waals surface area (Å²) in [7, 11) is -1.96. The molecule has 1 aromatic heterocycles. The lowest BCUT2D eigenvalue weighted by molar-refractivity contribution is 0.103. The molecule has 160 valence electrons. The van der Waals surface area contributed by atoms with Crippen molar-refractivity contribution in [3.8, 4) is 10.6 Å². The van der Waals surface area contributed by atoms with E-state index in [1.54, 1.807) is 18.2 Å². The molecule has 1 saturated heterocycles. The molecule has 2 heterocycles. The van der Waals surface area contributed by atoms with Gasteiger partial charge < -0.3 is 10.2 Å². The Morgan fingerprint density at radius 1 is 1.19 bits per heavy atom. The molecule has 0 atom stereocenters. The van der Waals surface area contributed by atoms with Crippen molar-refractivity contribution in [2.24, 2.45) is 4.40 Å². The van der Waals surface area contributed by atoms with Crippen molar-refractivity contribution in [3.63, 3.8) is 0 Å². The highest BCUT2D eigenvalue weighted by molar-refractivity contribution is 7.90. The molecule has 0 saturated carbocycles. The van der Waals surface area contributed by atoms with Crippen LogP contribution in [0.25, 0.3) is 10.6 Å². The van der Waals surface area contributed by atoms with E-state index >= 15 is 0 Å². The minimum Gasteiger partial charge on any atom is -0.362 e. The molecule has 1 aliphatic rings. The number of halogens is 1. The van der Waals surface area contributed by atoms with Crippen LogP contribution in [0.15, 0.2) is 64.0 Å². The number of amidine groups is 1. The smallest absolute Gasteiger partial charge is 0.283 e. The zero-order valence-corrected chi connectivity index (χ0v) is 19.0. The number of anilines is 1. The Bertz CT molecular complexity index is 1250. The summed E-state index contributed by atoms with van der Waals surface area (Å²) >= 11 is 7.42. The summed E-state index contributed by atoms with van der Waals surface area (Å²) in [6.07, 6.45) is 3.03. The van der Waals surface area contributed by atoms with E-state index in [2.05, 4.69) is 14.7 Å². The Labute approximate surface area is 189 Å². The average Bonchev–Trinajstić information content (AvgIpc) is 3.38. The summed E-state index contributed by atoms with van der Waals surface area (Å²) in [4.78, 5) is 19.2. The van der Waals surface area contributed by atoms with Crippen LogP contribution < -0.4 is 5.32 Å². The van der Waals surface area contributed by atoms with Crippen LogP contribution in [0, 0.1) is 0 Å². The molecule has 0 aliphatic carbocycles. The lowest BCUT2D eigenvalue weighted by Crippen LogP contribution is -2.20. The predicted molar refractivity (Wildman–Crippen MR) is 123 cm³/mol. The summed E-state index contributed by atoms with van der Waals surface area (Å²) in [5.74, 6) is 0.233. The number of hydrogen-bond donors (Lipinski definition) is 1. The van der Waals surface area contributed by atoms with Crippen LogP contribution >= 0.6 is 22.9 Å². The van der Waals surface area contributed by atoms with Gasteiger partial charge in [0.15, 0.2) is 0 Å². The van der Waals surface area contributed by atoms with E-state index in [-0.39, 0.29) is 10.8 Å². The molecule has 1 N–H and O–H groups in total. The Hall–Kier alpha value is -2.75. The Balaban J connectivity index is 1.47. The van der Waals surface area contributed by atoms with Gasteiger partial charge in [-0.2, -0.15) is 8.42 Å². The quantitative estimate of drug-likeness (QED) is 0.586. The third-order valence-corrected chi connectivity index (χ3v) is 7.48. The largest absolute Gasteiger partial charge is 0.362 e. The highest BCUT2D eigenvalue weighted by Gasteiger charge is 2.20. The summed E-state index contributed by atoms with van der Waals surface area (Å²) in [5, 5.41) is 3.97. The van der Waals surface area contributed by atoms with Gasteiger partial charge in [-0.15, -0.1) is 15.7 Å². The molecule has 0 unspecified atom stereocenters. The molecule has 3 aromatic rings. The molecule has 7 nitrogen and oxygen atoms in total. The fraction of sp³-hybridized carbons (Fsp3) is 0.190. The second kappa shape index (κ2) is 8.78. The molecule has 0 spiro atoms. The van der Waals surface area contributed by atoms with Gasteiger partial charge in [0.05, 0.1) is 16.1 Å². The number of carbonyl (C=O) groups is 1. The molecule has 31 heavy (non-hydrogen) atoms. The molecule has 2 aromatic carbocycles. The second-order valence-electron chi connectivity index (χ2n) is 7.00. The van der Waals surface area contributed by atoms with Crippen molar-refractivity contribution in [3.05, 3.63) is 64.6 Å². The molecular formula is C21H19ClN4O3S2. The van der Waals surface area contributed by atoms with Gasteiger partial charge in [0.25, 0.3) is 15.9 Å². The highest BCUT2D eigenvalue weighted by atomic mass is 35.5. The van der Waals surface area contributed by atoms with Gasteiger partial charge in [-0.05, 0) is 36.8 Å². The number of likely N-dealkylation sites (tertiary alicyclic amines) is 1. The van der Waals surface area contributed by atoms with Crippen molar-refractivity contribution < 1.29 is 13.2 Å². The van der Waals surface area contributed by atoms with Gasteiger partial charge in [-0.3, -0.25) is 4.79 Å². The van der Waals surface area contributed by atoms with Gasteiger partial charge in [0.2, 0.25) is 0 Å². The number of benzene rings is 2. The first-order chi connectivity index (χ1) is 14.8. The van der Waals surface area contributed by atoms with Crippen molar-refractivity contribution in [1.82, 2.24) is 9.88 Å². The molecule has 0 radical (unpaired) electrons. The average molecular weight is 475 g/mol. The minimum absolute atomic E-state index is 0.0806. The number of rotatable bonds is 5. The third-order valence-electron chi connectivity index (χ3n) is 4.80. The number of thiazole rings is 1. The van der Waals surface area contributed by atoms with Gasteiger partial charge in [0.1, 0.15) is 15.7 Å². The van der Waals surface area contributed by atoms with Crippen LogP contribution in [0.3, 0.4) is 0 Å². The fourth-order valence-electron chi connectivity index (χ4n) is 3.14. The zero-order chi connectivity index (χ0) is 22.0. The Morgan fingerprint density at radius 3 is 2.61 bits per heavy atom. The van der Waals surface area contributed by atoms with Gasteiger partial charge in [0, 0.05) is 31.3 Å². The fourth-order valence-corrected chi connectivity index (χ4v) is 5.37. The summed E-state index contributed by atoms with van der Waals surface area (Å²) in [5.41, 5.74) is 1.24. The molecule has 0 bridgehead atoms. The van der Waals surface area contributed by atoms with Crippen LogP contribution in [-0.2, 0) is 10.0 Å². The molecule has 10 heteroatoms. The van der Waals surface area contributed by atoms with E-state index in [0.29, 0.717) is 32.9 Å². The van der Waals surface area contributed by atoms with Crippen LogP contribution in [0.5, 0.6) is 0 Å². The Morgan fingerprint density at radius 2 is 1.94 bits per heavy atom. The number of nitrogens with zero attached hydrogens (tertiary/aromatic N) is 3. The van der Waals surface area contributed by atoms with Crippen LogP contribution in [0.1, 0.15) is 22.5 Å². The van der Waals surface area contributed by atoms with Crippen molar-refractivity contribution in [2.75, 3.05) is 18.9 Å². The van der Waals surface area contributed by atoms with Gasteiger partial charge in [-0.25, -0.2) is 4.98 Å². The molecular weight excluding hydrogens is 456 g/mol. The van der Waals surface area contributed by atoms with Gasteiger partial charge >= 0.3 is 0 Å².